The van der Waals surface area contributed by atoms with Crippen molar-refractivity contribution in [1.82, 2.24) is 15.0 Å². The summed E-state index contributed by atoms with van der Waals surface area (Å²) in [6.45, 7) is 1.93. The fraction of sp³-hybridized carbons (Fsp3) is 0.333. The summed E-state index contributed by atoms with van der Waals surface area (Å²) in [7, 11) is 2.97. The third-order valence-electron chi connectivity index (χ3n) is 3.14. The van der Waals surface area contributed by atoms with Crippen LogP contribution in [0.3, 0.4) is 0 Å². The van der Waals surface area contributed by atoms with Gasteiger partial charge in [0.05, 0.1) is 19.6 Å². The highest BCUT2D eigenvalue weighted by molar-refractivity contribution is 6.10. The smallest absolute Gasteiger partial charge is 0.322 e. The van der Waals surface area contributed by atoms with Gasteiger partial charge in [0.1, 0.15) is 11.4 Å². The summed E-state index contributed by atoms with van der Waals surface area (Å²) >= 11 is 0. The summed E-state index contributed by atoms with van der Waals surface area (Å²) in [5.74, 6) is 0.467. The molecule has 2 aliphatic rings. The zero-order chi connectivity index (χ0) is 14.2. The Morgan fingerprint density at radius 3 is 2.33 bits per heavy atom. The van der Waals surface area contributed by atoms with E-state index in [1.54, 1.807) is 0 Å². The molecule has 0 saturated carbocycles. The normalized spacial score (nSPS) is 22.0. The molecule has 1 aliphatic heterocycles. The SMILES string of the molecule is COc1nc(OC)nc(C2(C)C=CC=C3N=NN=C32)n1.Cl. The Labute approximate surface area is 127 Å². The monoisotopic (exact) mass is 308 g/mol. The predicted molar refractivity (Wildman–Crippen MR) is 77.0 cm³/mol. The Kier molecular flexibility index (Phi) is 3.99. The number of hydrogen-bond acceptors (Lipinski definition) is 8. The molecule has 0 radical (unpaired) electrons. The van der Waals surface area contributed by atoms with Gasteiger partial charge in [-0.1, -0.05) is 12.2 Å². The molecule has 0 saturated heterocycles. The maximum Gasteiger partial charge on any atom is 0.322 e. The first-order valence-corrected chi connectivity index (χ1v) is 5.91. The van der Waals surface area contributed by atoms with Crippen LogP contribution in [0.15, 0.2) is 39.4 Å². The molecule has 1 aliphatic carbocycles. The van der Waals surface area contributed by atoms with E-state index in [-0.39, 0.29) is 24.4 Å². The van der Waals surface area contributed by atoms with E-state index in [2.05, 4.69) is 30.4 Å². The quantitative estimate of drug-likeness (QED) is 0.849. The van der Waals surface area contributed by atoms with Crippen LogP contribution >= 0.6 is 12.4 Å². The van der Waals surface area contributed by atoms with Gasteiger partial charge in [-0.3, -0.25) is 0 Å². The zero-order valence-corrected chi connectivity index (χ0v) is 12.5. The van der Waals surface area contributed by atoms with Crippen LogP contribution in [-0.4, -0.2) is 34.9 Å². The zero-order valence-electron chi connectivity index (χ0n) is 11.6. The van der Waals surface area contributed by atoms with Crippen molar-refractivity contribution in [3.05, 3.63) is 29.7 Å². The number of fused-ring (bicyclic) bond motifs is 1. The molecule has 0 N–H and O–H groups in total. The number of hydrogen-bond donors (Lipinski definition) is 0. The first-order chi connectivity index (χ1) is 9.67. The Morgan fingerprint density at radius 2 is 1.71 bits per heavy atom. The van der Waals surface area contributed by atoms with E-state index in [4.69, 9.17) is 9.47 Å². The van der Waals surface area contributed by atoms with Gasteiger partial charge in [0.2, 0.25) is 0 Å². The molecule has 2 heterocycles. The molecular weight excluding hydrogens is 296 g/mol. The van der Waals surface area contributed by atoms with Crippen molar-refractivity contribution in [2.24, 2.45) is 15.4 Å². The van der Waals surface area contributed by atoms with Crippen LogP contribution < -0.4 is 9.47 Å². The highest BCUT2D eigenvalue weighted by Gasteiger charge is 2.40. The third-order valence-corrected chi connectivity index (χ3v) is 3.14. The second kappa shape index (κ2) is 5.57. The minimum Gasteiger partial charge on any atom is -0.467 e. The topological polar surface area (TPSA) is 94.2 Å². The molecule has 8 nitrogen and oxygen atoms in total. The van der Waals surface area contributed by atoms with E-state index in [0.717, 1.165) is 0 Å². The van der Waals surface area contributed by atoms with Crippen molar-refractivity contribution in [3.63, 3.8) is 0 Å². The van der Waals surface area contributed by atoms with Crippen molar-refractivity contribution in [1.29, 1.82) is 0 Å². The molecule has 0 amide bonds. The number of aromatic nitrogens is 3. The lowest BCUT2D eigenvalue weighted by atomic mass is 9.79. The summed E-state index contributed by atoms with van der Waals surface area (Å²) in [6, 6.07) is 0.370. The van der Waals surface area contributed by atoms with E-state index in [1.807, 2.05) is 25.2 Å². The first-order valence-electron chi connectivity index (χ1n) is 5.91. The van der Waals surface area contributed by atoms with Gasteiger partial charge in [-0.2, -0.15) is 9.97 Å². The van der Waals surface area contributed by atoms with Crippen LogP contribution in [0.4, 0.5) is 0 Å². The lowest BCUT2D eigenvalue weighted by Gasteiger charge is -2.26. The van der Waals surface area contributed by atoms with Gasteiger partial charge in [0.15, 0.2) is 5.82 Å². The fourth-order valence-corrected chi connectivity index (χ4v) is 2.04. The highest BCUT2D eigenvalue weighted by Crippen LogP contribution is 2.35. The van der Waals surface area contributed by atoms with E-state index >= 15 is 0 Å². The van der Waals surface area contributed by atoms with Crippen LogP contribution in [-0.2, 0) is 5.41 Å². The van der Waals surface area contributed by atoms with E-state index < -0.39 is 5.41 Å². The van der Waals surface area contributed by atoms with Crippen molar-refractivity contribution < 1.29 is 9.47 Å². The van der Waals surface area contributed by atoms with Gasteiger partial charge in [-0.15, -0.1) is 27.6 Å². The molecule has 0 bridgehead atoms. The van der Waals surface area contributed by atoms with Gasteiger partial charge in [0, 0.05) is 0 Å². The number of nitrogens with zero attached hydrogens (tertiary/aromatic N) is 6. The predicted octanol–water partition coefficient (Wildman–Crippen LogP) is 1.84. The molecule has 110 valence electrons. The second-order valence-electron chi connectivity index (χ2n) is 4.38. The Balaban J connectivity index is 0.00000161. The number of methoxy groups -OCH3 is 2. The maximum atomic E-state index is 5.08. The number of halogens is 1. The molecule has 0 spiro atoms. The van der Waals surface area contributed by atoms with Crippen LogP contribution in [0.1, 0.15) is 12.7 Å². The van der Waals surface area contributed by atoms with Gasteiger partial charge >= 0.3 is 12.0 Å². The van der Waals surface area contributed by atoms with Crippen LogP contribution in [0.5, 0.6) is 12.0 Å². The van der Waals surface area contributed by atoms with E-state index in [1.165, 1.54) is 14.2 Å². The lowest BCUT2D eigenvalue weighted by Crippen LogP contribution is -2.34. The lowest BCUT2D eigenvalue weighted by molar-refractivity contribution is 0.334. The molecule has 1 atom stereocenters. The van der Waals surface area contributed by atoms with E-state index in [0.29, 0.717) is 17.2 Å². The van der Waals surface area contributed by atoms with Crippen molar-refractivity contribution in [2.75, 3.05) is 14.2 Å². The number of allylic oxidation sites excluding steroid dienone is 4. The molecule has 0 fully saturated rings. The Bertz CT molecular complexity index is 662. The van der Waals surface area contributed by atoms with Gasteiger partial charge in [-0.25, -0.2) is 0 Å². The summed E-state index contributed by atoms with van der Waals surface area (Å²) < 4.78 is 10.2. The van der Waals surface area contributed by atoms with E-state index in [9.17, 15) is 0 Å². The highest BCUT2D eigenvalue weighted by atomic mass is 35.5. The number of ether oxygens (including phenoxy) is 2. The summed E-state index contributed by atoms with van der Waals surface area (Å²) in [6.07, 6.45) is 5.65. The van der Waals surface area contributed by atoms with Crippen LogP contribution in [0.25, 0.3) is 0 Å². The summed E-state index contributed by atoms with van der Waals surface area (Å²) in [5, 5.41) is 11.7. The molecule has 1 aromatic heterocycles. The largest absolute Gasteiger partial charge is 0.467 e. The molecule has 0 aromatic carbocycles. The minimum absolute atomic E-state index is 0. The molecule has 9 heteroatoms. The molecule has 21 heavy (non-hydrogen) atoms. The first kappa shape index (κ1) is 15.0. The van der Waals surface area contributed by atoms with Gasteiger partial charge in [0.25, 0.3) is 0 Å². The minimum atomic E-state index is -0.656. The maximum absolute atomic E-state index is 5.08. The Morgan fingerprint density at radius 1 is 1.05 bits per heavy atom. The summed E-state index contributed by atoms with van der Waals surface area (Å²) in [4.78, 5) is 12.6. The number of rotatable bonds is 3. The molecular formula is C12H13ClN6O2. The van der Waals surface area contributed by atoms with Gasteiger partial charge < -0.3 is 9.47 Å². The molecule has 3 rings (SSSR count). The average Bonchev–Trinajstić information content (AvgIpc) is 2.97. The van der Waals surface area contributed by atoms with Crippen LogP contribution in [0.2, 0.25) is 0 Å². The average molecular weight is 309 g/mol. The molecule has 1 unspecified atom stereocenters. The third kappa shape index (κ3) is 2.38. The van der Waals surface area contributed by atoms with Crippen molar-refractivity contribution in [2.45, 2.75) is 12.3 Å². The Hall–Kier alpha value is -2.35. The standard InChI is InChI=1S/C12H12N6O2.ClH/c1-12(6-4-5-7-8(12)17-18-16-7)9-13-10(19-2)15-11(14-9)20-3;/h4-6H,1-3H3;1H. The van der Waals surface area contributed by atoms with Crippen LogP contribution in [0, 0.1) is 0 Å². The van der Waals surface area contributed by atoms with Crippen molar-refractivity contribution in [3.8, 4) is 12.0 Å². The van der Waals surface area contributed by atoms with Crippen molar-refractivity contribution >= 4 is 18.1 Å². The second-order valence-corrected chi connectivity index (χ2v) is 4.38. The fourth-order valence-electron chi connectivity index (χ4n) is 2.04. The summed E-state index contributed by atoms with van der Waals surface area (Å²) in [5.41, 5.74) is 0.737. The molecule has 1 aromatic rings. The van der Waals surface area contributed by atoms with Gasteiger partial charge in [-0.05, 0) is 18.2 Å².